The number of ether oxygens (including phenoxy) is 1. The summed E-state index contributed by atoms with van der Waals surface area (Å²) in [4.78, 5) is 54.3. The topological polar surface area (TPSA) is 100 Å². The van der Waals surface area contributed by atoms with Gasteiger partial charge in [-0.2, -0.15) is 0 Å². The summed E-state index contributed by atoms with van der Waals surface area (Å²) in [5, 5.41) is 0. The number of piperidine rings is 1. The van der Waals surface area contributed by atoms with Crippen LogP contribution < -0.4 is 0 Å². The predicted molar refractivity (Wildman–Crippen MR) is 106 cm³/mol. The Hall–Kier alpha value is -2.84. The van der Waals surface area contributed by atoms with E-state index < -0.39 is 5.92 Å². The van der Waals surface area contributed by atoms with E-state index in [0.717, 1.165) is 6.42 Å². The summed E-state index contributed by atoms with van der Waals surface area (Å²) in [5.41, 5.74) is 0. The number of hydrogen-bond acceptors (Lipinski definition) is 6. The van der Waals surface area contributed by atoms with Crippen molar-refractivity contribution in [1.29, 1.82) is 0 Å². The molecule has 2 aliphatic rings. The van der Waals surface area contributed by atoms with Crippen LogP contribution in [0.5, 0.6) is 0 Å². The van der Waals surface area contributed by atoms with Gasteiger partial charge >= 0.3 is 5.97 Å². The van der Waals surface area contributed by atoms with Crippen molar-refractivity contribution in [3.05, 3.63) is 24.2 Å². The van der Waals surface area contributed by atoms with Crippen molar-refractivity contribution in [2.75, 3.05) is 39.8 Å². The number of hydrogen-bond donors (Lipinski definition) is 0. The van der Waals surface area contributed by atoms with Crippen LogP contribution in [0.2, 0.25) is 0 Å². The second-order valence-electron chi connectivity index (χ2n) is 7.88. The van der Waals surface area contributed by atoms with Gasteiger partial charge in [0, 0.05) is 33.1 Å². The van der Waals surface area contributed by atoms with Gasteiger partial charge in [-0.3, -0.25) is 19.2 Å². The SMILES string of the molecule is CCOC(=O)C1CCCN(C(=O)CN(C)C(=O)C2CC(=O)N(Cc3ccco3)C2)C1. The zero-order valence-electron chi connectivity index (χ0n) is 17.5. The maximum Gasteiger partial charge on any atom is 0.310 e. The largest absolute Gasteiger partial charge is 0.467 e. The fraction of sp³-hybridized carbons (Fsp3) is 0.619. The van der Waals surface area contributed by atoms with E-state index in [4.69, 9.17) is 9.15 Å². The minimum atomic E-state index is -0.473. The minimum Gasteiger partial charge on any atom is -0.467 e. The Kier molecular flexibility index (Phi) is 7.12. The summed E-state index contributed by atoms with van der Waals surface area (Å²) < 4.78 is 10.3. The number of nitrogens with zero attached hydrogens (tertiary/aromatic N) is 3. The Bertz CT molecular complexity index is 778. The van der Waals surface area contributed by atoms with Crippen molar-refractivity contribution >= 4 is 23.7 Å². The van der Waals surface area contributed by atoms with Gasteiger partial charge in [-0.15, -0.1) is 0 Å². The van der Waals surface area contributed by atoms with Gasteiger partial charge in [0.15, 0.2) is 0 Å². The number of esters is 1. The third-order valence-corrected chi connectivity index (χ3v) is 5.63. The van der Waals surface area contributed by atoms with Crippen molar-refractivity contribution in [2.24, 2.45) is 11.8 Å². The average Bonchev–Trinajstić information content (AvgIpc) is 3.38. The first kappa shape index (κ1) is 21.9. The summed E-state index contributed by atoms with van der Waals surface area (Å²) in [6.07, 6.45) is 3.11. The van der Waals surface area contributed by atoms with Crippen LogP contribution in [0.15, 0.2) is 22.8 Å². The van der Waals surface area contributed by atoms with Gasteiger partial charge in [0.25, 0.3) is 0 Å². The number of amides is 3. The highest BCUT2D eigenvalue weighted by Gasteiger charge is 2.37. The first-order chi connectivity index (χ1) is 14.4. The Labute approximate surface area is 175 Å². The molecular weight excluding hydrogens is 390 g/mol. The summed E-state index contributed by atoms with van der Waals surface area (Å²) in [5.74, 6) is -0.918. The standard InChI is InChI=1S/C21H29N3O6/c1-3-29-21(28)15-6-4-8-23(11-15)19(26)14-22(2)20(27)16-10-18(25)24(12-16)13-17-7-5-9-30-17/h5,7,9,15-16H,3-4,6,8,10-14H2,1-2H3. The molecule has 30 heavy (non-hydrogen) atoms. The van der Waals surface area contributed by atoms with Crippen LogP contribution >= 0.6 is 0 Å². The molecule has 9 heteroatoms. The highest BCUT2D eigenvalue weighted by Crippen LogP contribution is 2.23. The molecule has 9 nitrogen and oxygen atoms in total. The summed E-state index contributed by atoms with van der Waals surface area (Å²) in [7, 11) is 1.58. The van der Waals surface area contributed by atoms with Crippen molar-refractivity contribution < 1.29 is 28.3 Å². The first-order valence-electron chi connectivity index (χ1n) is 10.4. The van der Waals surface area contributed by atoms with Crippen molar-refractivity contribution in [1.82, 2.24) is 14.7 Å². The molecule has 2 fully saturated rings. The van der Waals surface area contributed by atoms with Gasteiger partial charge in [0.2, 0.25) is 17.7 Å². The molecule has 1 aromatic rings. The number of likely N-dealkylation sites (N-methyl/N-ethyl adjacent to an activating group) is 1. The third kappa shape index (κ3) is 5.20. The number of carbonyl (C=O) groups is 4. The van der Waals surface area contributed by atoms with E-state index in [0.29, 0.717) is 45.0 Å². The minimum absolute atomic E-state index is 0.0722. The number of rotatable bonds is 7. The van der Waals surface area contributed by atoms with E-state index in [9.17, 15) is 19.2 Å². The zero-order valence-corrected chi connectivity index (χ0v) is 17.5. The number of likely N-dealkylation sites (tertiary alicyclic amines) is 2. The quantitative estimate of drug-likeness (QED) is 0.609. The van der Waals surface area contributed by atoms with E-state index >= 15 is 0 Å². The Morgan fingerprint density at radius 2 is 2.07 bits per heavy atom. The second kappa shape index (κ2) is 9.77. The molecule has 2 atom stereocenters. The highest BCUT2D eigenvalue weighted by molar-refractivity contribution is 5.91. The van der Waals surface area contributed by atoms with Gasteiger partial charge in [0.05, 0.1) is 37.8 Å². The molecule has 1 aromatic heterocycles. The van der Waals surface area contributed by atoms with Crippen LogP contribution in [0, 0.1) is 11.8 Å². The monoisotopic (exact) mass is 419 g/mol. The van der Waals surface area contributed by atoms with E-state index in [2.05, 4.69) is 0 Å². The van der Waals surface area contributed by atoms with Crippen LogP contribution in [0.25, 0.3) is 0 Å². The molecular formula is C21H29N3O6. The third-order valence-electron chi connectivity index (χ3n) is 5.63. The lowest BCUT2D eigenvalue weighted by Crippen LogP contribution is -2.48. The van der Waals surface area contributed by atoms with E-state index in [1.165, 1.54) is 4.90 Å². The number of furan rings is 1. The molecule has 0 radical (unpaired) electrons. The zero-order chi connectivity index (χ0) is 21.7. The van der Waals surface area contributed by atoms with Crippen LogP contribution in [0.3, 0.4) is 0 Å². The average molecular weight is 419 g/mol. The van der Waals surface area contributed by atoms with E-state index in [1.807, 2.05) is 0 Å². The molecule has 0 bridgehead atoms. The summed E-state index contributed by atoms with van der Waals surface area (Å²) in [6, 6.07) is 3.54. The maximum atomic E-state index is 12.8. The molecule has 3 rings (SSSR count). The van der Waals surface area contributed by atoms with Crippen LogP contribution in [-0.4, -0.2) is 78.2 Å². The molecule has 2 aliphatic heterocycles. The van der Waals surface area contributed by atoms with Crippen LogP contribution in [-0.2, 0) is 30.5 Å². The lowest BCUT2D eigenvalue weighted by atomic mass is 9.98. The van der Waals surface area contributed by atoms with Crippen molar-refractivity contribution in [2.45, 2.75) is 32.7 Å². The van der Waals surface area contributed by atoms with Gasteiger partial charge in [-0.25, -0.2) is 0 Å². The molecule has 0 spiro atoms. The van der Waals surface area contributed by atoms with Crippen molar-refractivity contribution in [3.8, 4) is 0 Å². The highest BCUT2D eigenvalue weighted by atomic mass is 16.5. The van der Waals surface area contributed by atoms with Gasteiger partial charge in [-0.05, 0) is 31.9 Å². The molecule has 3 amide bonds. The molecule has 2 saturated heterocycles. The Morgan fingerprint density at radius 3 is 2.77 bits per heavy atom. The summed E-state index contributed by atoms with van der Waals surface area (Å²) in [6.45, 7) is 3.53. The van der Waals surface area contributed by atoms with Gasteiger partial charge in [-0.1, -0.05) is 0 Å². The normalized spacial score (nSPS) is 21.6. The molecule has 0 aromatic carbocycles. The van der Waals surface area contributed by atoms with E-state index in [1.54, 1.807) is 42.2 Å². The molecule has 3 heterocycles. The second-order valence-corrected chi connectivity index (χ2v) is 7.88. The molecule has 164 valence electrons. The summed E-state index contributed by atoms with van der Waals surface area (Å²) >= 11 is 0. The van der Waals surface area contributed by atoms with E-state index in [-0.39, 0.29) is 42.6 Å². The van der Waals surface area contributed by atoms with Crippen LogP contribution in [0.1, 0.15) is 31.9 Å². The van der Waals surface area contributed by atoms with Gasteiger partial charge in [0.1, 0.15) is 5.76 Å². The molecule has 2 unspecified atom stereocenters. The smallest absolute Gasteiger partial charge is 0.310 e. The van der Waals surface area contributed by atoms with Crippen LogP contribution in [0.4, 0.5) is 0 Å². The first-order valence-corrected chi connectivity index (χ1v) is 10.4. The molecule has 0 saturated carbocycles. The number of carbonyl (C=O) groups excluding carboxylic acids is 4. The lowest BCUT2D eigenvalue weighted by Gasteiger charge is -2.33. The van der Waals surface area contributed by atoms with Crippen molar-refractivity contribution in [3.63, 3.8) is 0 Å². The fourth-order valence-corrected chi connectivity index (χ4v) is 4.03. The lowest BCUT2D eigenvalue weighted by molar-refractivity contribution is -0.152. The van der Waals surface area contributed by atoms with Gasteiger partial charge < -0.3 is 23.9 Å². The maximum absolute atomic E-state index is 12.8. The Morgan fingerprint density at radius 1 is 1.27 bits per heavy atom. The fourth-order valence-electron chi connectivity index (χ4n) is 4.03. The Balaban J connectivity index is 1.50. The molecule has 0 aliphatic carbocycles. The molecule has 0 N–H and O–H groups in total. The predicted octanol–water partition coefficient (Wildman–Crippen LogP) is 0.888.